The minimum Gasteiger partial charge on any atom is -0.480 e. The minimum absolute atomic E-state index is 0.373. The van der Waals surface area contributed by atoms with Gasteiger partial charge in [-0.1, -0.05) is 33.2 Å². The molecule has 0 radical (unpaired) electrons. The van der Waals surface area contributed by atoms with Gasteiger partial charge < -0.3 is 9.63 Å². The molecule has 1 saturated heterocycles. The van der Waals surface area contributed by atoms with Gasteiger partial charge in [-0.2, -0.15) is 4.98 Å². The van der Waals surface area contributed by atoms with Gasteiger partial charge in [0, 0.05) is 10.0 Å². The molecular weight excluding hydrogens is 338 g/mol. The molecule has 1 aliphatic rings. The van der Waals surface area contributed by atoms with Crippen molar-refractivity contribution in [3.63, 3.8) is 0 Å². The topological polar surface area (TPSA) is 79.5 Å². The molecule has 7 heteroatoms. The molecule has 0 aliphatic carbocycles. The zero-order valence-electron chi connectivity index (χ0n) is 11.2. The van der Waals surface area contributed by atoms with Crippen LogP contribution in [0.1, 0.15) is 18.7 Å². The molecule has 1 aliphatic heterocycles. The summed E-state index contributed by atoms with van der Waals surface area (Å²) in [5, 5.41) is 13.1. The molecule has 1 unspecified atom stereocenters. The highest BCUT2D eigenvalue weighted by Gasteiger charge is 2.31. The number of rotatable bonds is 4. The van der Waals surface area contributed by atoms with Crippen LogP contribution >= 0.6 is 15.9 Å². The molecule has 21 heavy (non-hydrogen) atoms. The molecule has 0 amide bonds. The summed E-state index contributed by atoms with van der Waals surface area (Å²) in [7, 11) is 0. The molecule has 2 aromatic rings. The van der Waals surface area contributed by atoms with Crippen molar-refractivity contribution in [2.45, 2.75) is 25.4 Å². The Labute approximate surface area is 129 Å². The molecule has 6 nitrogen and oxygen atoms in total. The van der Waals surface area contributed by atoms with Gasteiger partial charge in [-0.3, -0.25) is 9.69 Å². The first-order valence-electron chi connectivity index (χ1n) is 6.69. The van der Waals surface area contributed by atoms with Crippen LogP contribution in [0, 0.1) is 0 Å². The molecule has 1 aromatic heterocycles. The fourth-order valence-electron chi connectivity index (χ4n) is 2.53. The zero-order chi connectivity index (χ0) is 14.8. The van der Waals surface area contributed by atoms with E-state index in [0.29, 0.717) is 24.7 Å². The van der Waals surface area contributed by atoms with Crippen LogP contribution in [0.3, 0.4) is 0 Å². The predicted octanol–water partition coefficient (Wildman–Crippen LogP) is 2.55. The van der Waals surface area contributed by atoms with Gasteiger partial charge in [0.05, 0.1) is 6.54 Å². The van der Waals surface area contributed by atoms with Crippen molar-refractivity contribution in [2.24, 2.45) is 0 Å². The number of aliphatic carboxylic acids is 1. The van der Waals surface area contributed by atoms with Crippen LogP contribution in [0.15, 0.2) is 33.3 Å². The first-order chi connectivity index (χ1) is 10.1. The van der Waals surface area contributed by atoms with Gasteiger partial charge in [0.25, 0.3) is 0 Å². The van der Waals surface area contributed by atoms with Crippen LogP contribution in [-0.4, -0.2) is 38.7 Å². The summed E-state index contributed by atoms with van der Waals surface area (Å²) in [6.07, 6.45) is 1.55. The fraction of sp³-hybridized carbons (Fsp3) is 0.357. The third kappa shape index (κ3) is 3.14. The molecular formula is C14H14BrN3O3. The van der Waals surface area contributed by atoms with E-state index in [1.807, 2.05) is 29.2 Å². The van der Waals surface area contributed by atoms with Crippen molar-refractivity contribution in [3.05, 3.63) is 34.6 Å². The van der Waals surface area contributed by atoms with Gasteiger partial charge >= 0.3 is 5.97 Å². The molecule has 1 aromatic carbocycles. The zero-order valence-corrected chi connectivity index (χ0v) is 12.8. The number of halogens is 1. The van der Waals surface area contributed by atoms with E-state index in [1.165, 1.54) is 0 Å². The average molecular weight is 352 g/mol. The number of carboxylic acids is 1. The third-order valence-corrected chi connectivity index (χ3v) is 4.03. The Morgan fingerprint density at radius 1 is 1.52 bits per heavy atom. The monoisotopic (exact) mass is 351 g/mol. The maximum absolute atomic E-state index is 11.2. The van der Waals surface area contributed by atoms with Crippen LogP contribution < -0.4 is 0 Å². The Morgan fingerprint density at radius 3 is 3.14 bits per heavy atom. The quantitative estimate of drug-likeness (QED) is 0.911. The van der Waals surface area contributed by atoms with Gasteiger partial charge in [0.1, 0.15) is 6.04 Å². The number of likely N-dealkylation sites (tertiary alicyclic amines) is 1. The third-order valence-electron chi connectivity index (χ3n) is 3.54. The summed E-state index contributed by atoms with van der Waals surface area (Å²) in [6, 6.07) is 7.17. The number of nitrogens with zero attached hydrogens (tertiary/aromatic N) is 3. The molecule has 0 bridgehead atoms. The number of carboxylic acid groups (broad SMARTS) is 1. The van der Waals surface area contributed by atoms with Gasteiger partial charge in [-0.15, -0.1) is 0 Å². The lowest BCUT2D eigenvalue weighted by molar-refractivity contribution is -0.142. The van der Waals surface area contributed by atoms with Crippen LogP contribution in [0.2, 0.25) is 0 Å². The van der Waals surface area contributed by atoms with Crippen molar-refractivity contribution >= 4 is 21.9 Å². The second-order valence-corrected chi connectivity index (χ2v) is 5.90. The van der Waals surface area contributed by atoms with Crippen molar-refractivity contribution in [1.82, 2.24) is 15.0 Å². The van der Waals surface area contributed by atoms with Crippen LogP contribution in [-0.2, 0) is 11.3 Å². The summed E-state index contributed by atoms with van der Waals surface area (Å²) in [6.45, 7) is 1.11. The first kappa shape index (κ1) is 14.2. The average Bonchev–Trinajstić information content (AvgIpc) is 3.08. The molecule has 0 spiro atoms. The molecule has 2 heterocycles. The van der Waals surface area contributed by atoms with Crippen molar-refractivity contribution in [2.75, 3.05) is 6.54 Å². The maximum Gasteiger partial charge on any atom is 0.320 e. The number of hydrogen-bond donors (Lipinski definition) is 1. The summed E-state index contributed by atoms with van der Waals surface area (Å²) in [5.74, 6) is 0.162. The maximum atomic E-state index is 11.2. The van der Waals surface area contributed by atoms with Crippen LogP contribution in [0.5, 0.6) is 0 Å². The SMILES string of the molecule is O=C(O)C1CCCN1Cc1nc(-c2cccc(Br)c2)no1. The highest BCUT2D eigenvalue weighted by molar-refractivity contribution is 9.10. The molecule has 3 rings (SSSR count). The minimum atomic E-state index is -0.792. The Kier molecular flexibility index (Phi) is 4.03. The van der Waals surface area contributed by atoms with Crippen molar-refractivity contribution < 1.29 is 14.4 Å². The fourth-order valence-corrected chi connectivity index (χ4v) is 2.93. The van der Waals surface area contributed by atoms with Gasteiger partial charge in [0.15, 0.2) is 0 Å². The number of hydrogen-bond acceptors (Lipinski definition) is 5. The lowest BCUT2D eigenvalue weighted by Crippen LogP contribution is -2.35. The van der Waals surface area contributed by atoms with E-state index in [9.17, 15) is 4.79 Å². The predicted molar refractivity (Wildman–Crippen MR) is 78.5 cm³/mol. The van der Waals surface area contributed by atoms with Gasteiger partial charge in [-0.25, -0.2) is 0 Å². The summed E-state index contributed by atoms with van der Waals surface area (Å²) in [5.41, 5.74) is 0.857. The second kappa shape index (κ2) is 5.95. The van der Waals surface area contributed by atoms with Crippen molar-refractivity contribution in [1.29, 1.82) is 0 Å². The summed E-state index contributed by atoms with van der Waals surface area (Å²) < 4.78 is 6.18. The Hall–Kier alpha value is -1.73. The van der Waals surface area contributed by atoms with E-state index in [2.05, 4.69) is 26.1 Å². The van der Waals surface area contributed by atoms with Crippen LogP contribution in [0.25, 0.3) is 11.4 Å². The Bertz CT molecular complexity index is 658. The highest BCUT2D eigenvalue weighted by Crippen LogP contribution is 2.23. The molecule has 1 N–H and O–H groups in total. The smallest absolute Gasteiger partial charge is 0.320 e. The normalized spacial score (nSPS) is 19.0. The second-order valence-electron chi connectivity index (χ2n) is 4.99. The highest BCUT2D eigenvalue weighted by atomic mass is 79.9. The van der Waals surface area contributed by atoms with Gasteiger partial charge in [0.2, 0.25) is 11.7 Å². The van der Waals surface area contributed by atoms with Gasteiger partial charge in [-0.05, 0) is 31.5 Å². The van der Waals surface area contributed by atoms with E-state index >= 15 is 0 Å². The molecule has 1 fully saturated rings. The number of carbonyl (C=O) groups is 1. The Morgan fingerprint density at radius 2 is 2.38 bits per heavy atom. The largest absolute Gasteiger partial charge is 0.480 e. The lowest BCUT2D eigenvalue weighted by atomic mass is 10.2. The standard InChI is InChI=1S/C14H14BrN3O3/c15-10-4-1-3-9(7-10)13-16-12(21-17-13)8-18-6-2-5-11(18)14(19)20/h1,3-4,7,11H,2,5-6,8H2,(H,19,20). The van der Waals surface area contributed by atoms with E-state index in [0.717, 1.165) is 23.0 Å². The van der Waals surface area contributed by atoms with E-state index < -0.39 is 12.0 Å². The lowest BCUT2D eigenvalue weighted by Gasteiger charge is -2.18. The molecule has 1 atom stereocenters. The molecule has 0 saturated carbocycles. The van der Waals surface area contributed by atoms with Crippen molar-refractivity contribution in [3.8, 4) is 11.4 Å². The Balaban J connectivity index is 1.75. The summed E-state index contributed by atoms with van der Waals surface area (Å²) >= 11 is 3.40. The number of benzene rings is 1. The first-order valence-corrected chi connectivity index (χ1v) is 7.48. The molecule has 110 valence electrons. The van der Waals surface area contributed by atoms with Crippen LogP contribution in [0.4, 0.5) is 0 Å². The van der Waals surface area contributed by atoms with E-state index in [4.69, 9.17) is 9.63 Å². The number of aromatic nitrogens is 2. The van der Waals surface area contributed by atoms with E-state index in [1.54, 1.807) is 0 Å². The van der Waals surface area contributed by atoms with E-state index in [-0.39, 0.29) is 0 Å². The summed E-state index contributed by atoms with van der Waals surface area (Å²) in [4.78, 5) is 17.4.